The van der Waals surface area contributed by atoms with Crippen molar-refractivity contribution in [1.82, 2.24) is 14.7 Å². The van der Waals surface area contributed by atoms with Gasteiger partial charge in [-0.3, -0.25) is 9.20 Å². The number of pyridine rings is 1. The van der Waals surface area contributed by atoms with Crippen LogP contribution in [0.1, 0.15) is 23.6 Å². The van der Waals surface area contributed by atoms with Gasteiger partial charge in [0.2, 0.25) is 5.91 Å². The molecule has 1 amide bonds. The molecule has 0 bridgehead atoms. The number of nitriles is 1. The Hall–Kier alpha value is -3.30. The molecular formula is C23H20N4OS. The molecule has 4 rings (SSSR count). The van der Waals surface area contributed by atoms with Crippen LogP contribution in [-0.2, 0) is 11.3 Å². The van der Waals surface area contributed by atoms with Gasteiger partial charge in [-0.15, -0.1) is 0 Å². The highest BCUT2D eigenvalue weighted by molar-refractivity contribution is 8.00. The summed E-state index contributed by atoms with van der Waals surface area (Å²) in [6, 6.07) is 21.9. The van der Waals surface area contributed by atoms with Gasteiger partial charge in [0.1, 0.15) is 6.07 Å². The van der Waals surface area contributed by atoms with Gasteiger partial charge in [0.05, 0.1) is 26.9 Å². The number of imidazole rings is 1. The fourth-order valence-corrected chi connectivity index (χ4v) is 4.39. The molecule has 29 heavy (non-hydrogen) atoms. The van der Waals surface area contributed by atoms with Crippen molar-refractivity contribution in [1.29, 1.82) is 5.26 Å². The monoisotopic (exact) mass is 400 g/mol. The van der Waals surface area contributed by atoms with Crippen molar-refractivity contribution >= 4 is 34.3 Å². The molecule has 4 aromatic rings. The molecule has 2 heterocycles. The first-order valence-corrected chi connectivity index (χ1v) is 10.3. The predicted molar refractivity (Wildman–Crippen MR) is 116 cm³/mol. The molecule has 2 aromatic heterocycles. The summed E-state index contributed by atoms with van der Waals surface area (Å²) >= 11 is 1.47. The van der Waals surface area contributed by atoms with Gasteiger partial charge in [-0.05, 0) is 43.2 Å². The number of benzene rings is 2. The normalized spacial score (nSPS) is 12.0. The number of fused-ring (bicyclic) bond motifs is 3. The van der Waals surface area contributed by atoms with Crippen LogP contribution in [0.15, 0.2) is 65.7 Å². The molecule has 0 fully saturated rings. The molecule has 0 aliphatic rings. The number of thioether (sulfide) groups is 1. The van der Waals surface area contributed by atoms with Crippen LogP contribution in [0.3, 0.4) is 0 Å². The minimum absolute atomic E-state index is 0.0292. The molecule has 1 atom stereocenters. The molecular weight excluding hydrogens is 380 g/mol. The van der Waals surface area contributed by atoms with E-state index in [1.54, 1.807) is 0 Å². The fraction of sp³-hybridized carbons (Fsp3) is 0.174. The van der Waals surface area contributed by atoms with Crippen molar-refractivity contribution in [3.63, 3.8) is 0 Å². The van der Waals surface area contributed by atoms with Crippen molar-refractivity contribution < 1.29 is 4.79 Å². The average molecular weight is 401 g/mol. The first-order chi connectivity index (χ1) is 14.1. The number of para-hydroxylation sites is 2. The second kappa shape index (κ2) is 7.98. The second-order valence-corrected chi connectivity index (χ2v) is 8.24. The Kier molecular flexibility index (Phi) is 5.24. The van der Waals surface area contributed by atoms with E-state index in [0.29, 0.717) is 17.8 Å². The van der Waals surface area contributed by atoms with Gasteiger partial charge in [-0.1, -0.05) is 54.2 Å². The number of amides is 1. The van der Waals surface area contributed by atoms with Crippen molar-refractivity contribution in [3.8, 4) is 6.07 Å². The minimum Gasteiger partial charge on any atom is -0.351 e. The van der Waals surface area contributed by atoms with Crippen LogP contribution in [0.2, 0.25) is 0 Å². The van der Waals surface area contributed by atoms with E-state index in [1.165, 1.54) is 11.8 Å². The van der Waals surface area contributed by atoms with Crippen molar-refractivity contribution in [2.24, 2.45) is 0 Å². The van der Waals surface area contributed by atoms with E-state index in [-0.39, 0.29) is 11.2 Å². The zero-order valence-electron chi connectivity index (χ0n) is 16.2. The lowest BCUT2D eigenvalue weighted by Crippen LogP contribution is -2.30. The van der Waals surface area contributed by atoms with Gasteiger partial charge in [-0.2, -0.15) is 5.26 Å². The largest absolute Gasteiger partial charge is 0.351 e. The number of carbonyl (C=O) groups is 1. The van der Waals surface area contributed by atoms with E-state index in [2.05, 4.69) is 16.4 Å². The van der Waals surface area contributed by atoms with E-state index in [9.17, 15) is 10.1 Å². The maximum atomic E-state index is 12.7. The van der Waals surface area contributed by atoms with Crippen LogP contribution in [0.5, 0.6) is 0 Å². The Balaban J connectivity index is 1.65. The molecule has 0 aliphatic carbocycles. The highest BCUT2D eigenvalue weighted by Crippen LogP contribution is 2.31. The molecule has 0 saturated carbocycles. The smallest absolute Gasteiger partial charge is 0.233 e. The fourth-order valence-electron chi connectivity index (χ4n) is 3.30. The molecule has 6 heteroatoms. The van der Waals surface area contributed by atoms with E-state index in [4.69, 9.17) is 0 Å². The van der Waals surface area contributed by atoms with Gasteiger partial charge in [-0.25, -0.2) is 4.98 Å². The summed E-state index contributed by atoms with van der Waals surface area (Å²) < 4.78 is 1.98. The SMILES string of the molecule is Cc1cc(S[C@@H](C)C(=O)NCc2ccccc2)n2c(nc3ccccc32)c1C#N. The van der Waals surface area contributed by atoms with Crippen LogP contribution >= 0.6 is 11.8 Å². The molecule has 0 unspecified atom stereocenters. The summed E-state index contributed by atoms with van der Waals surface area (Å²) in [5.74, 6) is -0.0292. The number of carbonyl (C=O) groups excluding carboxylic acids is 1. The third-order valence-electron chi connectivity index (χ3n) is 4.83. The zero-order chi connectivity index (χ0) is 20.4. The number of nitrogens with zero attached hydrogens (tertiary/aromatic N) is 3. The van der Waals surface area contributed by atoms with Crippen LogP contribution in [0.25, 0.3) is 16.7 Å². The van der Waals surface area contributed by atoms with Crippen molar-refractivity contribution in [2.75, 3.05) is 0 Å². The van der Waals surface area contributed by atoms with Crippen LogP contribution in [-0.4, -0.2) is 20.5 Å². The van der Waals surface area contributed by atoms with Crippen LogP contribution in [0, 0.1) is 18.3 Å². The number of hydrogen-bond donors (Lipinski definition) is 1. The molecule has 0 aliphatic heterocycles. The maximum absolute atomic E-state index is 12.7. The summed E-state index contributed by atoms with van der Waals surface area (Å²) in [6.45, 7) is 4.30. The number of aromatic nitrogens is 2. The topological polar surface area (TPSA) is 70.2 Å². The second-order valence-electron chi connectivity index (χ2n) is 6.88. The summed E-state index contributed by atoms with van der Waals surface area (Å²) in [5, 5.41) is 13.2. The number of nitrogens with one attached hydrogen (secondary N) is 1. The molecule has 0 spiro atoms. The van der Waals surface area contributed by atoms with Gasteiger partial charge in [0, 0.05) is 6.54 Å². The first-order valence-electron chi connectivity index (χ1n) is 9.37. The average Bonchev–Trinajstić information content (AvgIpc) is 3.12. The lowest BCUT2D eigenvalue weighted by molar-refractivity contribution is -0.120. The Morgan fingerprint density at radius 3 is 2.69 bits per heavy atom. The molecule has 2 aromatic carbocycles. The summed E-state index contributed by atoms with van der Waals surface area (Å²) in [6.07, 6.45) is 0. The zero-order valence-corrected chi connectivity index (χ0v) is 17.0. The minimum atomic E-state index is -0.296. The summed E-state index contributed by atoms with van der Waals surface area (Å²) in [7, 11) is 0. The van der Waals surface area contributed by atoms with E-state index in [0.717, 1.165) is 27.2 Å². The number of hydrogen-bond acceptors (Lipinski definition) is 4. The number of aryl methyl sites for hydroxylation is 1. The van der Waals surface area contributed by atoms with Gasteiger partial charge < -0.3 is 5.32 Å². The van der Waals surface area contributed by atoms with E-state index < -0.39 is 0 Å². The first kappa shape index (κ1) is 19.0. The van der Waals surface area contributed by atoms with Gasteiger partial charge in [0.25, 0.3) is 0 Å². The predicted octanol–water partition coefficient (Wildman–Crippen LogP) is 4.46. The maximum Gasteiger partial charge on any atom is 0.233 e. The Morgan fingerprint density at radius 2 is 1.93 bits per heavy atom. The molecule has 5 nitrogen and oxygen atoms in total. The lowest BCUT2D eigenvalue weighted by Gasteiger charge is -2.15. The lowest BCUT2D eigenvalue weighted by atomic mass is 10.2. The highest BCUT2D eigenvalue weighted by Gasteiger charge is 2.20. The standard InChI is InChI=1S/C23H20N4OS/c1-15-12-21(29-16(2)23(28)25-14-17-8-4-3-5-9-17)27-20-11-7-6-10-19(20)26-22(27)18(15)13-24/h3-12,16H,14H2,1-2H3,(H,25,28)/t16-/m0/s1. The molecule has 144 valence electrons. The van der Waals surface area contributed by atoms with Gasteiger partial charge >= 0.3 is 0 Å². The number of rotatable bonds is 5. The Morgan fingerprint density at radius 1 is 1.21 bits per heavy atom. The third kappa shape index (κ3) is 3.69. The third-order valence-corrected chi connectivity index (χ3v) is 5.94. The molecule has 0 saturated heterocycles. The van der Waals surface area contributed by atoms with E-state index >= 15 is 0 Å². The molecule has 0 radical (unpaired) electrons. The highest BCUT2D eigenvalue weighted by atomic mass is 32.2. The Labute approximate surface area is 173 Å². The summed E-state index contributed by atoms with van der Waals surface area (Å²) in [5.41, 5.74) is 4.88. The van der Waals surface area contributed by atoms with Crippen LogP contribution in [0.4, 0.5) is 0 Å². The summed E-state index contributed by atoms with van der Waals surface area (Å²) in [4.78, 5) is 17.3. The Bertz CT molecular complexity index is 1240. The quantitative estimate of drug-likeness (QED) is 0.502. The van der Waals surface area contributed by atoms with Crippen molar-refractivity contribution in [3.05, 3.63) is 77.4 Å². The molecule has 1 N–H and O–H groups in total. The van der Waals surface area contributed by atoms with E-state index in [1.807, 2.05) is 78.9 Å². The van der Waals surface area contributed by atoms with Crippen molar-refractivity contribution in [2.45, 2.75) is 30.7 Å². The van der Waals surface area contributed by atoms with Gasteiger partial charge in [0.15, 0.2) is 5.65 Å². The van der Waals surface area contributed by atoms with Crippen LogP contribution < -0.4 is 5.32 Å².